The van der Waals surface area contributed by atoms with E-state index in [0.717, 1.165) is 12.0 Å². The number of halogens is 2. The Bertz CT molecular complexity index is 562. The zero-order valence-corrected chi connectivity index (χ0v) is 14.7. The van der Waals surface area contributed by atoms with E-state index in [1.807, 2.05) is 6.92 Å². The van der Waals surface area contributed by atoms with Crippen LogP contribution in [0.15, 0.2) is 29.2 Å². The van der Waals surface area contributed by atoms with Gasteiger partial charge in [-0.3, -0.25) is 4.79 Å². The number of alkyl halides is 1. The molecule has 3 N–H and O–H groups in total. The van der Waals surface area contributed by atoms with Gasteiger partial charge in [-0.15, -0.1) is 11.6 Å². The second-order valence-corrected chi connectivity index (χ2v) is 6.85. The van der Waals surface area contributed by atoms with Crippen LogP contribution in [0.2, 0.25) is 0 Å². The molecular weight excluding hydrogens is 347 g/mol. The summed E-state index contributed by atoms with van der Waals surface area (Å²) in [6, 6.07) is 5.64. The molecule has 0 fully saturated rings. The average molecular weight is 368 g/mol. The molecule has 0 radical (unpaired) electrons. The molecule has 0 bridgehead atoms. The minimum Gasteiger partial charge on any atom is -1.00 e. The van der Waals surface area contributed by atoms with Crippen LogP contribution in [-0.4, -0.2) is 32.7 Å². The standard InChI is InChI=1S/C14H21ClN2O3S.ClH/c1-11-5-7-12(8-6-11)21(19,20)17-13(14(18)10-15)4-2-3-9-16;/h5-8,13,17H,2-4,9-10,16H2,1H3;1H/p-1/t13-;/m0./s1. The highest BCUT2D eigenvalue weighted by Gasteiger charge is 2.24. The Labute approximate surface area is 143 Å². The molecule has 0 heterocycles. The van der Waals surface area contributed by atoms with Crippen LogP contribution in [0.25, 0.3) is 0 Å². The smallest absolute Gasteiger partial charge is 0.241 e. The highest BCUT2D eigenvalue weighted by molar-refractivity contribution is 7.89. The van der Waals surface area contributed by atoms with Gasteiger partial charge in [0.2, 0.25) is 10.0 Å². The Hall–Kier alpha value is -0.660. The molecule has 0 aliphatic rings. The summed E-state index contributed by atoms with van der Waals surface area (Å²) in [6.07, 6.45) is 1.80. The Kier molecular flexibility index (Phi) is 9.87. The number of hydrogen-bond acceptors (Lipinski definition) is 4. The van der Waals surface area contributed by atoms with E-state index in [2.05, 4.69) is 4.72 Å². The molecule has 126 valence electrons. The predicted molar refractivity (Wildman–Crippen MR) is 83.9 cm³/mol. The van der Waals surface area contributed by atoms with Crippen molar-refractivity contribution in [1.29, 1.82) is 0 Å². The topological polar surface area (TPSA) is 89.3 Å². The first-order valence-electron chi connectivity index (χ1n) is 6.78. The molecule has 0 aliphatic carbocycles. The van der Waals surface area contributed by atoms with Crippen molar-refractivity contribution in [3.05, 3.63) is 29.8 Å². The van der Waals surface area contributed by atoms with E-state index >= 15 is 0 Å². The van der Waals surface area contributed by atoms with Crippen molar-refractivity contribution >= 4 is 27.4 Å². The third-order valence-electron chi connectivity index (χ3n) is 3.10. The molecule has 5 nitrogen and oxygen atoms in total. The van der Waals surface area contributed by atoms with Crippen molar-refractivity contribution in [3.8, 4) is 0 Å². The number of carbonyl (C=O) groups excluding carboxylic acids is 1. The van der Waals surface area contributed by atoms with Gasteiger partial charge in [0.25, 0.3) is 0 Å². The zero-order valence-electron chi connectivity index (χ0n) is 12.4. The fourth-order valence-electron chi connectivity index (χ4n) is 1.84. The molecule has 1 aromatic rings. The molecule has 8 heteroatoms. The number of unbranched alkanes of at least 4 members (excludes halogenated alkanes) is 1. The number of carbonyl (C=O) groups is 1. The van der Waals surface area contributed by atoms with Crippen LogP contribution >= 0.6 is 11.6 Å². The number of sulfonamides is 1. The van der Waals surface area contributed by atoms with Crippen LogP contribution in [0.3, 0.4) is 0 Å². The molecule has 0 saturated heterocycles. The first-order valence-corrected chi connectivity index (χ1v) is 8.80. The molecular formula is C14H21Cl2N2O3S-. The summed E-state index contributed by atoms with van der Waals surface area (Å²) in [6.45, 7) is 2.38. The number of nitrogens with one attached hydrogen (secondary N) is 1. The minimum atomic E-state index is -3.73. The normalized spacial score (nSPS) is 12.5. The summed E-state index contributed by atoms with van der Waals surface area (Å²) >= 11 is 5.55. The van der Waals surface area contributed by atoms with E-state index in [0.29, 0.717) is 19.4 Å². The van der Waals surface area contributed by atoms with Crippen LogP contribution in [0.5, 0.6) is 0 Å². The van der Waals surface area contributed by atoms with Crippen LogP contribution in [0.4, 0.5) is 0 Å². The van der Waals surface area contributed by atoms with Crippen molar-refractivity contribution in [3.63, 3.8) is 0 Å². The van der Waals surface area contributed by atoms with Crippen LogP contribution in [0.1, 0.15) is 24.8 Å². The Morgan fingerprint density at radius 3 is 2.36 bits per heavy atom. The quantitative estimate of drug-likeness (QED) is 0.414. The Morgan fingerprint density at radius 1 is 1.27 bits per heavy atom. The van der Waals surface area contributed by atoms with E-state index < -0.39 is 16.1 Å². The van der Waals surface area contributed by atoms with Crippen molar-refractivity contribution < 1.29 is 25.6 Å². The first kappa shape index (κ1) is 21.3. The molecule has 0 saturated carbocycles. The second-order valence-electron chi connectivity index (χ2n) is 4.87. The number of aryl methyl sites for hydroxylation is 1. The third-order valence-corrected chi connectivity index (χ3v) is 4.85. The van der Waals surface area contributed by atoms with Crippen molar-refractivity contribution in [2.45, 2.75) is 37.1 Å². The summed E-state index contributed by atoms with van der Waals surface area (Å²) in [5, 5.41) is 0. The zero-order chi connectivity index (χ0) is 15.9. The summed E-state index contributed by atoms with van der Waals surface area (Å²) in [5.41, 5.74) is 6.37. The van der Waals surface area contributed by atoms with Crippen LogP contribution < -0.4 is 22.9 Å². The number of rotatable bonds is 9. The fraction of sp³-hybridized carbons (Fsp3) is 0.500. The summed E-state index contributed by atoms with van der Waals surface area (Å²) in [4.78, 5) is 11.9. The molecule has 22 heavy (non-hydrogen) atoms. The van der Waals surface area contributed by atoms with Crippen molar-refractivity contribution in [2.24, 2.45) is 5.73 Å². The van der Waals surface area contributed by atoms with Gasteiger partial charge in [0.05, 0.1) is 16.8 Å². The lowest BCUT2D eigenvalue weighted by Gasteiger charge is -2.16. The molecule has 1 atom stereocenters. The van der Waals surface area contributed by atoms with Gasteiger partial charge in [0, 0.05) is 0 Å². The van der Waals surface area contributed by atoms with E-state index in [1.165, 1.54) is 12.1 Å². The summed E-state index contributed by atoms with van der Waals surface area (Å²) in [5.74, 6) is -0.548. The maximum atomic E-state index is 12.3. The molecule has 0 amide bonds. The van der Waals surface area contributed by atoms with Gasteiger partial charge in [-0.1, -0.05) is 24.1 Å². The Balaban J connectivity index is 0.00000441. The summed E-state index contributed by atoms with van der Waals surface area (Å²) in [7, 11) is -3.73. The van der Waals surface area contributed by atoms with Crippen LogP contribution in [-0.2, 0) is 14.8 Å². The third kappa shape index (κ3) is 6.62. The van der Waals surface area contributed by atoms with Gasteiger partial charge in [-0.2, -0.15) is 0 Å². The SMILES string of the molecule is Cc1ccc(S(=O)(=O)N[C@@H](CCCCN)C(=O)CCl)cc1.[Cl-]. The number of benzene rings is 1. The largest absolute Gasteiger partial charge is 1.00 e. The van der Waals surface area contributed by atoms with Gasteiger partial charge in [0.1, 0.15) is 0 Å². The molecule has 0 aliphatic heterocycles. The molecule has 0 spiro atoms. The van der Waals surface area contributed by atoms with Crippen molar-refractivity contribution in [1.82, 2.24) is 4.72 Å². The van der Waals surface area contributed by atoms with Gasteiger partial charge in [-0.05, 0) is 38.4 Å². The van der Waals surface area contributed by atoms with E-state index in [4.69, 9.17) is 17.3 Å². The maximum Gasteiger partial charge on any atom is 0.241 e. The highest BCUT2D eigenvalue weighted by Crippen LogP contribution is 2.13. The van der Waals surface area contributed by atoms with E-state index in [1.54, 1.807) is 12.1 Å². The summed E-state index contributed by atoms with van der Waals surface area (Å²) < 4.78 is 27.0. The molecule has 1 aromatic carbocycles. The highest BCUT2D eigenvalue weighted by atomic mass is 35.5. The number of hydrogen-bond donors (Lipinski definition) is 2. The van der Waals surface area contributed by atoms with Gasteiger partial charge < -0.3 is 18.1 Å². The fourth-order valence-corrected chi connectivity index (χ4v) is 3.28. The second kappa shape index (κ2) is 10.2. The lowest BCUT2D eigenvalue weighted by Crippen LogP contribution is -3.00. The molecule has 1 rings (SSSR count). The van der Waals surface area contributed by atoms with E-state index in [-0.39, 0.29) is 29.0 Å². The van der Waals surface area contributed by atoms with Gasteiger partial charge >= 0.3 is 0 Å². The first-order chi connectivity index (χ1) is 9.90. The Morgan fingerprint density at radius 2 is 1.86 bits per heavy atom. The van der Waals surface area contributed by atoms with Gasteiger partial charge in [-0.25, -0.2) is 13.1 Å². The van der Waals surface area contributed by atoms with E-state index in [9.17, 15) is 13.2 Å². The minimum absolute atomic E-state index is 0. The number of nitrogens with two attached hydrogens (primary N) is 1. The predicted octanol–water partition coefficient (Wildman–Crippen LogP) is -1.42. The maximum absolute atomic E-state index is 12.3. The lowest BCUT2D eigenvalue weighted by molar-refractivity contribution is -0.118. The van der Waals surface area contributed by atoms with Gasteiger partial charge in [0.15, 0.2) is 5.78 Å². The van der Waals surface area contributed by atoms with Crippen molar-refractivity contribution in [2.75, 3.05) is 12.4 Å². The lowest BCUT2D eigenvalue weighted by atomic mass is 10.1. The monoisotopic (exact) mass is 367 g/mol. The molecule has 0 aromatic heterocycles. The number of ketones is 1. The average Bonchev–Trinajstić information content (AvgIpc) is 2.46. The number of Topliss-reactive ketones (excluding diaryl/α,β-unsaturated/α-hetero) is 1. The van der Waals surface area contributed by atoms with Crippen LogP contribution in [0, 0.1) is 6.92 Å². The molecule has 0 unspecified atom stereocenters.